The molecule has 144 valence electrons. The average Bonchev–Trinajstić information content (AvgIpc) is 2.56. The molecule has 0 aromatic heterocycles. The van der Waals surface area contributed by atoms with Crippen LogP contribution in [0.1, 0.15) is 16.7 Å². The second-order valence-corrected chi connectivity index (χ2v) is 5.73. The lowest BCUT2D eigenvalue weighted by molar-refractivity contribution is -0.142. The van der Waals surface area contributed by atoms with E-state index in [0.29, 0.717) is 6.07 Å². The maximum atomic E-state index is 13.6. The summed E-state index contributed by atoms with van der Waals surface area (Å²) in [7, 11) is 0. The van der Waals surface area contributed by atoms with Crippen molar-refractivity contribution < 1.29 is 36.6 Å². The first kappa shape index (κ1) is 20.3. The predicted octanol–water partition coefficient (Wildman–Crippen LogP) is 3.34. The van der Waals surface area contributed by atoms with E-state index in [9.17, 15) is 36.6 Å². The lowest BCUT2D eigenvalue weighted by atomic mass is 9.99. The molecule has 0 heterocycles. The van der Waals surface area contributed by atoms with Crippen molar-refractivity contribution in [3.63, 3.8) is 0 Å². The number of amides is 1. The van der Waals surface area contributed by atoms with Gasteiger partial charge in [0, 0.05) is 12.5 Å². The number of halogens is 5. The Morgan fingerprint density at radius 1 is 1.04 bits per heavy atom. The second kappa shape index (κ2) is 8.15. The third kappa shape index (κ3) is 5.50. The molecule has 0 spiro atoms. The highest BCUT2D eigenvalue weighted by atomic mass is 19.4. The minimum absolute atomic E-state index is 0.172. The van der Waals surface area contributed by atoms with E-state index in [1.54, 1.807) is 0 Å². The third-order valence-electron chi connectivity index (χ3n) is 3.75. The summed E-state index contributed by atoms with van der Waals surface area (Å²) < 4.78 is 65.5. The summed E-state index contributed by atoms with van der Waals surface area (Å²) in [5, 5.41) is 11.3. The van der Waals surface area contributed by atoms with E-state index in [1.165, 1.54) is 6.07 Å². The summed E-state index contributed by atoms with van der Waals surface area (Å²) in [6.07, 6.45) is -5.87. The van der Waals surface area contributed by atoms with Gasteiger partial charge in [-0.05, 0) is 23.3 Å². The number of carboxylic acids is 1. The highest BCUT2D eigenvalue weighted by Crippen LogP contribution is 2.32. The van der Waals surface area contributed by atoms with Crippen LogP contribution in [0.25, 0.3) is 0 Å². The number of alkyl halides is 3. The Labute approximate surface area is 150 Å². The van der Waals surface area contributed by atoms with Gasteiger partial charge in [-0.3, -0.25) is 4.79 Å². The second-order valence-electron chi connectivity index (χ2n) is 5.73. The van der Waals surface area contributed by atoms with Crippen LogP contribution in [-0.2, 0) is 28.6 Å². The van der Waals surface area contributed by atoms with Crippen molar-refractivity contribution in [1.29, 1.82) is 0 Å². The van der Waals surface area contributed by atoms with Crippen LogP contribution >= 0.6 is 0 Å². The molecule has 1 amide bonds. The molecule has 2 N–H and O–H groups in total. The fraction of sp³-hybridized carbons (Fsp3) is 0.222. The summed E-state index contributed by atoms with van der Waals surface area (Å²) in [4.78, 5) is 23.3. The van der Waals surface area contributed by atoms with Crippen LogP contribution in [0.2, 0.25) is 0 Å². The third-order valence-corrected chi connectivity index (χ3v) is 3.75. The van der Waals surface area contributed by atoms with Crippen LogP contribution in [-0.4, -0.2) is 23.0 Å². The molecule has 9 heteroatoms. The van der Waals surface area contributed by atoms with Gasteiger partial charge in [-0.15, -0.1) is 0 Å². The monoisotopic (exact) mass is 387 g/mol. The highest BCUT2D eigenvalue weighted by molar-refractivity contribution is 5.85. The minimum atomic E-state index is -4.68. The van der Waals surface area contributed by atoms with Gasteiger partial charge in [0.2, 0.25) is 5.91 Å². The van der Waals surface area contributed by atoms with Gasteiger partial charge >= 0.3 is 12.1 Å². The van der Waals surface area contributed by atoms with Crippen molar-refractivity contribution in [2.75, 3.05) is 0 Å². The van der Waals surface area contributed by atoms with Gasteiger partial charge in [-0.2, -0.15) is 13.2 Å². The van der Waals surface area contributed by atoms with E-state index in [-0.39, 0.29) is 11.1 Å². The number of carbonyl (C=O) groups excluding carboxylic acids is 1. The van der Waals surface area contributed by atoms with Crippen LogP contribution in [0.4, 0.5) is 22.0 Å². The van der Waals surface area contributed by atoms with Gasteiger partial charge in [-0.25, -0.2) is 13.6 Å². The van der Waals surface area contributed by atoms with Gasteiger partial charge < -0.3 is 10.4 Å². The van der Waals surface area contributed by atoms with Gasteiger partial charge in [0.1, 0.15) is 17.7 Å². The standard InChI is InChI=1S/C18H14F5NO3/c19-12-6-5-11(14(20)9-12)8-16(25)24-15(17(26)27)7-10-3-1-2-4-13(10)18(21,22)23/h1-6,9,15H,7-8H2,(H,24,25)(H,26,27)/t15-/m1/s1. The van der Waals surface area contributed by atoms with Crippen LogP contribution in [0, 0.1) is 11.6 Å². The minimum Gasteiger partial charge on any atom is -0.480 e. The smallest absolute Gasteiger partial charge is 0.416 e. The van der Waals surface area contributed by atoms with Crippen molar-refractivity contribution in [3.8, 4) is 0 Å². The number of hydrogen-bond acceptors (Lipinski definition) is 2. The Balaban J connectivity index is 2.15. The number of benzene rings is 2. The van der Waals surface area contributed by atoms with Crippen LogP contribution in [0.5, 0.6) is 0 Å². The van der Waals surface area contributed by atoms with E-state index in [4.69, 9.17) is 0 Å². The van der Waals surface area contributed by atoms with Crippen molar-refractivity contribution >= 4 is 11.9 Å². The Hall–Kier alpha value is -2.97. The summed E-state index contributed by atoms with van der Waals surface area (Å²) in [5.41, 5.74) is -1.48. The molecule has 27 heavy (non-hydrogen) atoms. The summed E-state index contributed by atoms with van der Waals surface area (Å²) in [6.45, 7) is 0. The van der Waals surface area contributed by atoms with E-state index in [1.807, 2.05) is 0 Å². The molecule has 2 rings (SSSR count). The molecule has 0 aliphatic rings. The zero-order valence-electron chi connectivity index (χ0n) is 13.7. The molecule has 0 saturated carbocycles. The van der Waals surface area contributed by atoms with Crippen molar-refractivity contribution in [2.24, 2.45) is 0 Å². The summed E-state index contributed by atoms with van der Waals surface area (Å²) in [6, 6.07) is 5.28. The average molecular weight is 387 g/mol. The normalized spacial score (nSPS) is 12.5. The van der Waals surface area contributed by atoms with Gasteiger partial charge in [-0.1, -0.05) is 24.3 Å². The van der Waals surface area contributed by atoms with Crippen molar-refractivity contribution in [1.82, 2.24) is 5.32 Å². The number of nitrogens with one attached hydrogen (secondary N) is 1. The van der Waals surface area contributed by atoms with Gasteiger partial charge in [0.05, 0.1) is 12.0 Å². The van der Waals surface area contributed by atoms with E-state index >= 15 is 0 Å². The first-order valence-corrected chi connectivity index (χ1v) is 7.69. The molecule has 0 saturated heterocycles. The molecule has 2 aromatic rings. The fourth-order valence-electron chi connectivity index (χ4n) is 2.48. The zero-order valence-corrected chi connectivity index (χ0v) is 13.7. The Morgan fingerprint density at radius 3 is 2.30 bits per heavy atom. The van der Waals surface area contributed by atoms with E-state index in [2.05, 4.69) is 5.32 Å². The molecule has 0 aliphatic heterocycles. The maximum absolute atomic E-state index is 13.6. The first-order chi connectivity index (χ1) is 12.6. The fourth-order valence-corrected chi connectivity index (χ4v) is 2.48. The number of rotatable bonds is 6. The Kier molecular flexibility index (Phi) is 6.14. The number of carboxylic acid groups (broad SMARTS) is 1. The first-order valence-electron chi connectivity index (χ1n) is 7.69. The molecule has 1 atom stereocenters. The summed E-state index contributed by atoms with van der Waals surface area (Å²) in [5.74, 6) is -4.29. The molecular weight excluding hydrogens is 373 g/mol. The quantitative estimate of drug-likeness (QED) is 0.748. The van der Waals surface area contributed by atoms with Crippen LogP contribution in [0.15, 0.2) is 42.5 Å². The largest absolute Gasteiger partial charge is 0.480 e. The maximum Gasteiger partial charge on any atom is 0.416 e. The van der Waals surface area contributed by atoms with Gasteiger partial charge in [0.25, 0.3) is 0 Å². The Bertz CT molecular complexity index is 851. The lowest BCUT2D eigenvalue weighted by Crippen LogP contribution is -2.43. The lowest BCUT2D eigenvalue weighted by Gasteiger charge is -2.18. The van der Waals surface area contributed by atoms with Crippen LogP contribution < -0.4 is 5.32 Å². The molecule has 0 aliphatic carbocycles. The number of aliphatic carboxylic acids is 1. The zero-order chi connectivity index (χ0) is 20.2. The van der Waals surface area contributed by atoms with E-state index < -0.39 is 54.1 Å². The molecule has 2 aromatic carbocycles. The molecular formula is C18H14F5NO3. The highest BCUT2D eigenvalue weighted by Gasteiger charge is 2.34. The number of carbonyl (C=O) groups is 2. The molecule has 0 radical (unpaired) electrons. The number of hydrogen-bond donors (Lipinski definition) is 2. The Morgan fingerprint density at radius 2 is 1.70 bits per heavy atom. The van der Waals surface area contributed by atoms with Gasteiger partial charge in [0.15, 0.2) is 0 Å². The topological polar surface area (TPSA) is 66.4 Å². The molecule has 0 fully saturated rings. The molecule has 0 bridgehead atoms. The van der Waals surface area contributed by atoms with Crippen molar-refractivity contribution in [2.45, 2.75) is 25.1 Å². The summed E-state index contributed by atoms with van der Waals surface area (Å²) >= 11 is 0. The molecule has 0 unspecified atom stereocenters. The van der Waals surface area contributed by atoms with Crippen LogP contribution in [0.3, 0.4) is 0 Å². The predicted molar refractivity (Wildman–Crippen MR) is 84.8 cm³/mol. The SMILES string of the molecule is O=C(Cc1ccc(F)cc1F)N[C@H](Cc1ccccc1C(F)(F)F)C(=O)O. The van der Waals surface area contributed by atoms with Crippen molar-refractivity contribution in [3.05, 3.63) is 70.8 Å². The van der Waals surface area contributed by atoms with E-state index in [0.717, 1.165) is 30.3 Å². The molecule has 4 nitrogen and oxygen atoms in total.